The molecule has 6 nitrogen and oxygen atoms in total. The maximum Gasteiger partial charge on any atom is 0.245 e. The second-order valence-corrected chi connectivity index (χ2v) is 5.70. The van der Waals surface area contributed by atoms with Crippen LogP contribution in [0.5, 0.6) is 17.2 Å². The Morgan fingerprint density at radius 1 is 1.24 bits per heavy atom. The van der Waals surface area contributed by atoms with E-state index >= 15 is 0 Å². The van der Waals surface area contributed by atoms with Crippen LogP contribution in [0.15, 0.2) is 35.0 Å². The molecule has 1 atom stereocenters. The fourth-order valence-electron chi connectivity index (χ4n) is 2.19. The first-order valence-electron chi connectivity index (χ1n) is 7.33. The minimum Gasteiger partial charge on any atom is -0.493 e. The number of carbonyl (C=O) groups excluding carboxylic acids is 1. The van der Waals surface area contributed by atoms with Crippen LogP contribution in [0.3, 0.4) is 0 Å². The van der Waals surface area contributed by atoms with Gasteiger partial charge in [0.2, 0.25) is 11.7 Å². The lowest BCUT2D eigenvalue weighted by molar-refractivity contribution is -0.116. The molecule has 0 aliphatic carbocycles. The Kier molecular flexibility index (Phi) is 6.43. The van der Waals surface area contributed by atoms with Crippen molar-refractivity contribution in [2.75, 3.05) is 21.3 Å². The summed E-state index contributed by atoms with van der Waals surface area (Å²) in [6.07, 6.45) is 3.08. The van der Waals surface area contributed by atoms with Crippen molar-refractivity contribution < 1.29 is 19.0 Å². The lowest BCUT2D eigenvalue weighted by Gasteiger charge is -2.16. The van der Waals surface area contributed by atoms with E-state index in [0.29, 0.717) is 22.8 Å². The summed E-state index contributed by atoms with van der Waals surface area (Å²) in [5.74, 6) is 0.890. The van der Waals surface area contributed by atoms with E-state index in [4.69, 9.17) is 14.2 Å². The number of hydrogen-bond donors (Lipinski definition) is 1. The average Bonchev–Trinajstić information content (AvgIpc) is 3.16. The molecule has 1 unspecified atom stereocenters. The highest BCUT2D eigenvalue weighted by atomic mass is 32.1. The van der Waals surface area contributed by atoms with E-state index in [-0.39, 0.29) is 5.91 Å². The topological polar surface area (TPSA) is 80.6 Å². The van der Waals surface area contributed by atoms with Crippen LogP contribution in [-0.2, 0) is 4.79 Å². The Bertz CT molecular complexity index is 769. The maximum atomic E-state index is 12.1. The number of methoxy groups -OCH3 is 3. The molecule has 25 heavy (non-hydrogen) atoms. The molecule has 130 valence electrons. The van der Waals surface area contributed by atoms with Crippen LogP contribution in [0.2, 0.25) is 0 Å². The monoisotopic (exact) mass is 358 g/mol. The van der Waals surface area contributed by atoms with Gasteiger partial charge in [-0.05, 0) is 46.2 Å². The molecular weight excluding hydrogens is 340 g/mol. The molecule has 1 aromatic carbocycles. The summed E-state index contributed by atoms with van der Waals surface area (Å²) in [6, 6.07) is 6.39. The van der Waals surface area contributed by atoms with Gasteiger partial charge in [0.15, 0.2) is 11.5 Å². The first kappa shape index (κ1) is 18.4. The van der Waals surface area contributed by atoms with Crippen molar-refractivity contribution in [1.29, 1.82) is 5.26 Å². The quantitative estimate of drug-likeness (QED) is 0.769. The van der Waals surface area contributed by atoms with Gasteiger partial charge in [0, 0.05) is 6.08 Å². The lowest BCUT2D eigenvalue weighted by Crippen LogP contribution is -2.25. The summed E-state index contributed by atoms with van der Waals surface area (Å²) < 4.78 is 15.8. The van der Waals surface area contributed by atoms with Crippen LogP contribution in [0.25, 0.3) is 6.08 Å². The molecule has 1 heterocycles. The number of amides is 1. The van der Waals surface area contributed by atoms with Crippen molar-refractivity contribution in [3.63, 3.8) is 0 Å². The predicted octanol–water partition coefficient (Wildman–Crippen LogP) is 3.17. The Labute approximate surface area is 150 Å². The van der Waals surface area contributed by atoms with E-state index in [2.05, 4.69) is 11.4 Å². The number of nitriles is 1. The number of thiophene rings is 1. The number of nitrogens with one attached hydrogen (secondary N) is 1. The molecular formula is C18H18N2O4S. The predicted molar refractivity (Wildman–Crippen MR) is 95.9 cm³/mol. The van der Waals surface area contributed by atoms with Gasteiger partial charge in [0.05, 0.1) is 27.4 Å². The van der Waals surface area contributed by atoms with Gasteiger partial charge in [-0.15, -0.1) is 0 Å². The van der Waals surface area contributed by atoms with Crippen molar-refractivity contribution in [2.24, 2.45) is 0 Å². The Morgan fingerprint density at radius 2 is 1.92 bits per heavy atom. The number of nitrogens with zero attached hydrogens (tertiary/aromatic N) is 1. The molecule has 0 aliphatic rings. The summed E-state index contributed by atoms with van der Waals surface area (Å²) in [5.41, 5.74) is 1.47. The summed E-state index contributed by atoms with van der Waals surface area (Å²) in [5, 5.41) is 15.9. The standard InChI is InChI=1S/C18H18N2O4S/c1-22-15-8-13(9-16(23-2)18(15)24-3)14(10-19)20-17(21)5-4-12-6-7-25-11-12/h4-9,11,14H,1-3H3,(H,20,21)/b5-4+. The molecule has 2 rings (SSSR count). The fourth-order valence-corrected chi connectivity index (χ4v) is 2.82. The van der Waals surface area contributed by atoms with E-state index in [1.165, 1.54) is 27.4 Å². The molecule has 0 saturated carbocycles. The molecule has 1 amide bonds. The SMILES string of the molecule is COc1cc(C(C#N)NC(=O)/C=C/c2ccsc2)cc(OC)c1OC. The number of ether oxygens (including phenoxy) is 3. The van der Waals surface area contributed by atoms with Crippen LogP contribution in [-0.4, -0.2) is 27.2 Å². The minimum atomic E-state index is -0.853. The number of carbonyl (C=O) groups is 1. The highest BCUT2D eigenvalue weighted by Crippen LogP contribution is 2.39. The maximum absolute atomic E-state index is 12.1. The molecule has 0 bridgehead atoms. The van der Waals surface area contributed by atoms with E-state index in [9.17, 15) is 10.1 Å². The lowest BCUT2D eigenvalue weighted by atomic mass is 10.1. The van der Waals surface area contributed by atoms with E-state index in [0.717, 1.165) is 5.56 Å². The second-order valence-electron chi connectivity index (χ2n) is 4.92. The van der Waals surface area contributed by atoms with Crippen LogP contribution in [0, 0.1) is 11.3 Å². The second kappa shape index (κ2) is 8.76. The van der Waals surface area contributed by atoms with Gasteiger partial charge in [0.25, 0.3) is 0 Å². The smallest absolute Gasteiger partial charge is 0.245 e. The van der Waals surface area contributed by atoms with Gasteiger partial charge in [-0.1, -0.05) is 0 Å². The normalized spacial score (nSPS) is 11.6. The van der Waals surface area contributed by atoms with E-state index < -0.39 is 6.04 Å². The molecule has 1 aromatic heterocycles. The van der Waals surface area contributed by atoms with Gasteiger partial charge in [-0.2, -0.15) is 16.6 Å². The average molecular weight is 358 g/mol. The van der Waals surface area contributed by atoms with Crippen molar-refractivity contribution in [3.05, 3.63) is 46.2 Å². The summed E-state index contributed by atoms with van der Waals surface area (Å²) in [4.78, 5) is 12.1. The summed E-state index contributed by atoms with van der Waals surface area (Å²) in [6.45, 7) is 0. The number of benzene rings is 1. The third-order valence-electron chi connectivity index (χ3n) is 3.41. The summed E-state index contributed by atoms with van der Waals surface area (Å²) in [7, 11) is 4.48. The van der Waals surface area contributed by atoms with Crippen molar-refractivity contribution in [1.82, 2.24) is 5.32 Å². The minimum absolute atomic E-state index is 0.369. The first-order chi connectivity index (χ1) is 12.1. The van der Waals surface area contributed by atoms with Gasteiger partial charge in [-0.3, -0.25) is 4.79 Å². The molecule has 0 radical (unpaired) electrons. The van der Waals surface area contributed by atoms with Crippen molar-refractivity contribution >= 4 is 23.3 Å². The zero-order chi connectivity index (χ0) is 18.2. The van der Waals surface area contributed by atoms with Crippen LogP contribution >= 0.6 is 11.3 Å². The van der Waals surface area contributed by atoms with Gasteiger partial charge in [0.1, 0.15) is 6.04 Å². The van der Waals surface area contributed by atoms with Crippen LogP contribution in [0.4, 0.5) is 0 Å². The van der Waals surface area contributed by atoms with Gasteiger partial charge >= 0.3 is 0 Å². The third kappa shape index (κ3) is 4.52. The van der Waals surface area contributed by atoms with Crippen LogP contribution in [0.1, 0.15) is 17.2 Å². The van der Waals surface area contributed by atoms with Crippen LogP contribution < -0.4 is 19.5 Å². The third-order valence-corrected chi connectivity index (χ3v) is 4.11. The highest BCUT2D eigenvalue weighted by molar-refractivity contribution is 7.08. The van der Waals surface area contributed by atoms with E-state index in [1.807, 2.05) is 16.8 Å². The highest BCUT2D eigenvalue weighted by Gasteiger charge is 2.19. The van der Waals surface area contributed by atoms with E-state index in [1.54, 1.807) is 29.5 Å². The molecule has 0 spiro atoms. The zero-order valence-corrected chi connectivity index (χ0v) is 14.9. The van der Waals surface area contributed by atoms with Gasteiger partial charge < -0.3 is 19.5 Å². The summed E-state index contributed by atoms with van der Waals surface area (Å²) >= 11 is 1.54. The number of rotatable bonds is 7. The van der Waals surface area contributed by atoms with Crippen molar-refractivity contribution in [3.8, 4) is 23.3 Å². The van der Waals surface area contributed by atoms with Crippen molar-refractivity contribution in [2.45, 2.75) is 6.04 Å². The molecule has 0 saturated heterocycles. The molecule has 0 fully saturated rings. The van der Waals surface area contributed by atoms with Gasteiger partial charge in [-0.25, -0.2) is 0 Å². The Hall–Kier alpha value is -2.98. The molecule has 0 aliphatic heterocycles. The fraction of sp³-hybridized carbons (Fsp3) is 0.222. The first-order valence-corrected chi connectivity index (χ1v) is 8.27. The molecule has 1 N–H and O–H groups in total. The molecule has 2 aromatic rings. The Morgan fingerprint density at radius 3 is 2.40 bits per heavy atom. The number of hydrogen-bond acceptors (Lipinski definition) is 6. The Balaban J connectivity index is 2.22. The largest absolute Gasteiger partial charge is 0.493 e. The zero-order valence-electron chi connectivity index (χ0n) is 14.1. The molecule has 7 heteroatoms.